The molecule has 4 amide bonds. The third-order valence-corrected chi connectivity index (χ3v) is 3.02. The molecule has 17 heavy (non-hydrogen) atoms. The van der Waals surface area contributed by atoms with Crippen LogP contribution in [-0.4, -0.2) is 17.8 Å². The van der Waals surface area contributed by atoms with E-state index in [9.17, 15) is 14.4 Å². The van der Waals surface area contributed by atoms with E-state index in [4.69, 9.17) is 0 Å². The van der Waals surface area contributed by atoms with Gasteiger partial charge in [0.15, 0.2) is 17.8 Å². The summed E-state index contributed by atoms with van der Waals surface area (Å²) in [5, 5.41) is 5.44. The summed E-state index contributed by atoms with van der Waals surface area (Å²) in [4.78, 5) is 34.4. The molecule has 1 saturated heterocycles. The number of carbonyl (C=O) groups is 3. The molecule has 0 aliphatic carbocycles. The van der Waals surface area contributed by atoms with Crippen LogP contribution in [0, 0.1) is 11.3 Å². The van der Waals surface area contributed by atoms with Crippen LogP contribution in [0.15, 0.2) is 0 Å². The van der Waals surface area contributed by atoms with E-state index >= 15 is 0 Å². The summed E-state index contributed by atoms with van der Waals surface area (Å²) < 4.78 is 0. The Labute approximate surface area is 123 Å². The van der Waals surface area contributed by atoms with Crippen molar-refractivity contribution in [3.63, 3.8) is 0 Å². The Morgan fingerprint density at radius 2 is 1.88 bits per heavy atom. The maximum atomic E-state index is 11.8. The summed E-state index contributed by atoms with van der Waals surface area (Å²) in [7, 11) is 0. The molecule has 1 unspecified atom stereocenters. The van der Waals surface area contributed by atoms with Gasteiger partial charge in [0.1, 0.15) is 0 Å². The van der Waals surface area contributed by atoms with Crippen molar-refractivity contribution in [2.24, 2.45) is 11.3 Å². The van der Waals surface area contributed by atoms with Crippen molar-refractivity contribution in [1.29, 1.82) is 0 Å². The first-order chi connectivity index (χ1) is 7.42. The van der Waals surface area contributed by atoms with Gasteiger partial charge in [-0.1, -0.05) is 20.8 Å². The fourth-order valence-corrected chi connectivity index (χ4v) is 1.79. The SMILES string of the molecule is CCC1(CCC(C)C)C(=O)[N-]C(=O)NC1=O.[Na+]. The van der Waals surface area contributed by atoms with Gasteiger partial charge in [-0.25, -0.2) is 0 Å². The van der Waals surface area contributed by atoms with Gasteiger partial charge in [0.25, 0.3) is 0 Å². The average molecular weight is 248 g/mol. The number of imide groups is 2. The molecule has 0 aromatic rings. The smallest absolute Gasteiger partial charge is 0.394 e. The molecule has 0 aromatic heterocycles. The van der Waals surface area contributed by atoms with Crippen LogP contribution in [-0.2, 0) is 9.59 Å². The van der Waals surface area contributed by atoms with Crippen LogP contribution >= 0.6 is 0 Å². The van der Waals surface area contributed by atoms with Crippen LogP contribution in [0.5, 0.6) is 0 Å². The van der Waals surface area contributed by atoms with Crippen molar-refractivity contribution in [1.82, 2.24) is 5.32 Å². The molecule has 6 heteroatoms. The van der Waals surface area contributed by atoms with Gasteiger partial charge in [-0.3, -0.25) is 14.4 Å². The number of hydrogen-bond donors (Lipinski definition) is 1. The predicted molar refractivity (Wildman–Crippen MR) is 58.7 cm³/mol. The molecule has 0 aromatic carbocycles. The van der Waals surface area contributed by atoms with E-state index < -0.39 is 23.3 Å². The molecular weight excluding hydrogens is 231 g/mol. The Hall–Kier alpha value is -0.390. The maximum absolute atomic E-state index is 11.8. The molecule has 0 radical (unpaired) electrons. The molecule has 5 nitrogen and oxygen atoms in total. The molecule has 1 fully saturated rings. The van der Waals surface area contributed by atoms with Gasteiger partial charge < -0.3 is 10.6 Å². The zero-order valence-corrected chi connectivity index (χ0v) is 12.9. The summed E-state index contributed by atoms with van der Waals surface area (Å²) in [5.74, 6) is -0.688. The molecule has 0 saturated carbocycles. The summed E-state index contributed by atoms with van der Waals surface area (Å²) >= 11 is 0. The second-order valence-electron chi connectivity index (χ2n) is 4.54. The van der Waals surface area contributed by atoms with Crippen LogP contribution in [0.3, 0.4) is 0 Å². The predicted octanol–water partition coefficient (Wildman–Crippen LogP) is -1.03. The third-order valence-electron chi connectivity index (χ3n) is 3.02. The van der Waals surface area contributed by atoms with Gasteiger partial charge in [0, 0.05) is 0 Å². The molecule has 1 atom stereocenters. The van der Waals surface area contributed by atoms with Crippen LogP contribution in [0.2, 0.25) is 0 Å². The van der Waals surface area contributed by atoms with E-state index in [1.807, 2.05) is 13.8 Å². The number of nitrogens with zero attached hydrogens (tertiary/aromatic N) is 1. The molecule has 0 bridgehead atoms. The van der Waals surface area contributed by atoms with Gasteiger partial charge in [-0.15, -0.1) is 0 Å². The molecule has 1 aliphatic heterocycles. The Morgan fingerprint density at radius 1 is 1.29 bits per heavy atom. The molecule has 90 valence electrons. The molecular formula is C11H17N2NaO3. The summed E-state index contributed by atoms with van der Waals surface area (Å²) in [6.07, 6.45) is 1.58. The fourth-order valence-electron chi connectivity index (χ4n) is 1.79. The van der Waals surface area contributed by atoms with Gasteiger partial charge in [0.2, 0.25) is 0 Å². The van der Waals surface area contributed by atoms with E-state index in [0.717, 1.165) is 6.42 Å². The number of barbiturate groups is 1. The van der Waals surface area contributed by atoms with Crippen molar-refractivity contribution >= 4 is 17.8 Å². The Balaban J connectivity index is 0.00000256. The zero-order valence-electron chi connectivity index (χ0n) is 10.9. The second kappa shape index (κ2) is 6.52. The first kappa shape index (κ1) is 16.6. The van der Waals surface area contributed by atoms with Crippen LogP contribution in [0.4, 0.5) is 4.79 Å². The molecule has 1 N–H and O–H groups in total. The van der Waals surface area contributed by atoms with E-state index in [-0.39, 0.29) is 29.6 Å². The summed E-state index contributed by atoms with van der Waals surface area (Å²) in [6.45, 7) is 5.82. The third kappa shape index (κ3) is 3.53. The monoisotopic (exact) mass is 248 g/mol. The van der Waals surface area contributed by atoms with Crippen LogP contribution < -0.4 is 34.9 Å². The van der Waals surface area contributed by atoms with Crippen molar-refractivity contribution in [2.75, 3.05) is 0 Å². The molecule has 0 spiro atoms. The summed E-state index contributed by atoms with van der Waals surface area (Å²) in [5.41, 5.74) is -1.13. The standard InChI is InChI=1S/C11H18N2O3.Na/c1-4-11(6-5-7(2)3)8(14)12-10(16)13-9(11)15;/h7H,4-6H2,1-3H3,(H2,12,13,14,15,16);/q;+1/p-1. The largest absolute Gasteiger partial charge is 1.00 e. The average Bonchev–Trinajstić information content (AvgIpc) is 2.17. The van der Waals surface area contributed by atoms with Crippen LogP contribution in [0.1, 0.15) is 40.0 Å². The first-order valence-corrected chi connectivity index (χ1v) is 5.54. The second-order valence-corrected chi connectivity index (χ2v) is 4.54. The van der Waals surface area contributed by atoms with E-state index in [2.05, 4.69) is 10.6 Å². The number of hydrogen-bond acceptors (Lipinski definition) is 3. The van der Waals surface area contributed by atoms with Crippen molar-refractivity contribution in [3.05, 3.63) is 5.32 Å². The van der Waals surface area contributed by atoms with E-state index in [1.165, 1.54) is 0 Å². The Morgan fingerprint density at radius 3 is 2.29 bits per heavy atom. The van der Waals surface area contributed by atoms with Gasteiger partial charge >= 0.3 is 29.6 Å². The number of amides is 4. The van der Waals surface area contributed by atoms with Crippen molar-refractivity contribution in [2.45, 2.75) is 40.0 Å². The Bertz CT molecular complexity index is 309. The topological polar surface area (TPSA) is 77.3 Å². The van der Waals surface area contributed by atoms with E-state index in [1.54, 1.807) is 6.92 Å². The number of urea groups is 1. The quantitative estimate of drug-likeness (QED) is 0.510. The van der Waals surface area contributed by atoms with Gasteiger partial charge in [-0.05, 0) is 25.2 Å². The van der Waals surface area contributed by atoms with E-state index in [0.29, 0.717) is 18.8 Å². The number of rotatable bonds is 4. The summed E-state index contributed by atoms with van der Waals surface area (Å²) in [6, 6.07) is -0.844. The molecule has 1 rings (SSSR count). The van der Waals surface area contributed by atoms with Gasteiger partial charge in [-0.2, -0.15) is 0 Å². The van der Waals surface area contributed by atoms with Crippen LogP contribution in [0.25, 0.3) is 5.32 Å². The number of nitrogens with one attached hydrogen (secondary N) is 1. The van der Waals surface area contributed by atoms with Gasteiger partial charge in [0.05, 0.1) is 5.41 Å². The molecule has 1 heterocycles. The fraction of sp³-hybridized carbons (Fsp3) is 0.727. The molecule has 1 aliphatic rings. The number of carbonyl (C=O) groups excluding carboxylic acids is 3. The minimum atomic E-state index is -1.13. The first-order valence-electron chi connectivity index (χ1n) is 5.54. The normalized spacial score (nSPS) is 24.1. The Kier molecular flexibility index (Phi) is 6.37. The van der Waals surface area contributed by atoms with Crippen molar-refractivity contribution < 1.29 is 43.9 Å². The van der Waals surface area contributed by atoms with Crippen molar-refractivity contribution in [3.8, 4) is 0 Å². The minimum absolute atomic E-state index is 0. The zero-order chi connectivity index (χ0) is 12.3. The maximum Gasteiger partial charge on any atom is 1.00 e. The minimum Gasteiger partial charge on any atom is -0.394 e.